The largest absolute Gasteiger partial charge is 0.493 e. The van der Waals surface area contributed by atoms with Crippen LogP contribution in [0.1, 0.15) is 21.5 Å². The van der Waals surface area contributed by atoms with Crippen LogP contribution in [-0.2, 0) is 6.61 Å². The van der Waals surface area contributed by atoms with Crippen LogP contribution in [0.3, 0.4) is 0 Å². The molecular weight excluding hydrogens is 382 g/mol. The standard InChI is InChI=1S/C24H23NO5/c1-27-22-14-19(15-23(28-2)24(22)29-3)21(26)9-6-17-4-7-20(8-5-17)30-16-18-10-12-25-13-11-18/h4-15H,16H2,1-3H3/b9-6+. The number of allylic oxidation sites excluding steroid dienone is 1. The number of ether oxygens (including phenoxy) is 4. The molecule has 0 aliphatic rings. The fourth-order valence-corrected chi connectivity index (χ4v) is 2.81. The van der Waals surface area contributed by atoms with Gasteiger partial charge in [-0.05, 0) is 53.6 Å². The molecule has 0 saturated carbocycles. The van der Waals surface area contributed by atoms with Crippen molar-refractivity contribution >= 4 is 11.9 Å². The van der Waals surface area contributed by atoms with Gasteiger partial charge in [-0.25, -0.2) is 0 Å². The van der Waals surface area contributed by atoms with Gasteiger partial charge in [-0.15, -0.1) is 0 Å². The summed E-state index contributed by atoms with van der Waals surface area (Å²) >= 11 is 0. The zero-order chi connectivity index (χ0) is 21.3. The van der Waals surface area contributed by atoms with Crippen molar-refractivity contribution in [2.45, 2.75) is 6.61 Å². The van der Waals surface area contributed by atoms with E-state index in [0.717, 1.165) is 16.9 Å². The lowest BCUT2D eigenvalue weighted by Crippen LogP contribution is -2.00. The van der Waals surface area contributed by atoms with Crippen molar-refractivity contribution in [3.63, 3.8) is 0 Å². The second-order valence-electron chi connectivity index (χ2n) is 6.32. The highest BCUT2D eigenvalue weighted by atomic mass is 16.5. The molecule has 0 unspecified atom stereocenters. The highest BCUT2D eigenvalue weighted by Gasteiger charge is 2.15. The van der Waals surface area contributed by atoms with E-state index >= 15 is 0 Å². The Kier molecular flexibility index (Phi) is 7.05. The lowest BCUT2D eigenvalue weighted by Gasteiger charge is -2.13. The molecule has 3 rings (SSSR count). The maximum absolute atomic E-state index is 12.6. The van der Waals surface area contributed by atoms with E-state index in [9.17, 15) is 4.79 Å². The van der Waals surface area contributed by atoms with Crippen LogP contribution in [0.5, 0.6) is 23.0 Å². The molecule has 1 aromatic heterocycles. The minimum Gasteiger partial charge on any atom is -0.493 e. The number of pyridine rings is 1. The average Bonchev–Trinajstić information content (AvgIpc) is 2.81. The normalized spacial score (nSPS) is 10.6. The lowest BCUT2D eigenvalue weighted by molar-refractivity contribution is 0.104. The predicted octanol–water partition coefficient (Wildman–Crippen LogP) is 4.58. The molecule has 0 spiro atoms. The van der Waals surface area contributed by atoms with E-state index < -0.39 is 0 Å². The molecule has 0 bridgehead atoms. The highest BCUT2D eigenvalue weighted by molar-refractivity contribution is 6.07. The quantitative estimate of drug-likeness (QED) is 0.383. The zero-order valence-electron chi connectivity index (χ0n) is 17.1. The van der Waals surface area contributed by atoms with Gasteiger partial charge in [0.15, 0.2) is 17.3 Å². The van der Waals surface area contributed by atoms with E-state index in [1.165, 1.54) is 27.4 Å². The highest BCUT2D eigenvalue weighted by Crippen LogP contribution is 2.38. The molecule has 0 aliphatic heterocycles. The van der Waals surface area contributed by atoms with Gasteiger partial charge in [0.2, 0.25) is 5.75 Å². The monoisotopic (exact) mass is 405 g/mol. The van der Waals surface area contributed by atoms with Crippen molar-refractivity contribution in [3.05, 3.63) is 83.7 Å². The molecule has 6 nitrogen and oxygen atoms in total. The number of rotatable bonds is 9. The van der Waals surface area contributed by atoms with Gasteiger partial charge in [-0.1, -0.05) is 18.2 Å². The molecule has 0 atom stereocenters. The summed E-state index contributed by atoms with van der Waals surface area (Å²) in [6.07, 6.45) is 6.72. The number of hydrogen-bond acceptors (Lipinski definition) is 6. The first-order valence-electron chi connectivity index (χ1n) is 9.28. The minimum atomic E-state index is -0.174. The van der Waals surface area contributed by atoms with Crippen LogP contribution in [0.25, 0.3) is 6.08 Å². The minimum absolute atomic E-state index is 0.174. The Balaban J connectivity index is 1.67. The number of carbonyl (C=O) groups is 1. The van der Waals surface area contributed by atoms with Crippen LogP contribution in [0.4, 0.5) is 0 Å². The number of carbonyl (C=O) groups excluding carboxylic acids is 1. The van der Waals surface area contributed by atoms with E-state index in [1.54, 1.807) is 30.6 Å². The van der Waals surface area contributed by atoms with E-state index in [4.69, 9.17) is 18.9 Å². The summed E-state index contributed by atoms with van der Waals surface area (Å²) in [4.78, 5) is 16.6. The van der Waals surface area contributed by atoms with Crippen molar-refractivity contribution in [2.75, 3.05) is 21.3 Å². The average molecular weight is 405 g/mol. The molecule has 6 heteroatoms. The first-order chi connectivity index (χ1) is 14.6. The smallest absolute Gasteiger partial charge is 0.203 e. The van der Waals surface area contributed by atoms with Crippen molar-refractivity contribution in [1.29, 1.82) is 0 Å². The van der Waals surface area contributed by atoms with Crippen LogP contribution >= 0.6 is 0 Å². The Morgan fingerprint density at radius 3 is 2.10 bits per heavy atom. The second-order valence-corrected chi connectivity index (χ2v) is 6.32. The van der Waals surface area contributed by atoms with Gasteiger partial charge in [0, 0.05) is 18.0 Å². The Morgan fingerprint density at radius 2 is 1.53 bits per heavy atom. The first-order valence-corrected chi connectivity index (χ1v) is 9.28. The third-order valence-corrected chi connectivity index (χ3v) is 4.41. The van der Waals surface area contributed by atoms with Gasteiger partial charge in [0.1, 0.15) is 12.4 Å². The zero-order valence-corrected chi connectivity index (χ0v) is 17.1. The van der Waals surface area contributed by atoms with Crippen molar-refractivity contribution in [1.82, 2.24) is 4.98 Å². The van der Waals surface area contributed by atoms with Crippen LogP contribution in [0.2, 0.25) is 0 Å². The SMILES string of the molecule is COc1cc(C(=O)/C=C/c2ccc(OCc3ccncc3)cc2)cc(OC)c1OC. The Hall–Kier alpha value is -3.80. The van der Waals surface area contributed by atoms with Gasteiger partial charge in [-0.3, -0.25) is 9.78 Å². The van der Waals surface area contributed by atoms with Gasteiger partial charge >= 0.3 is 0 Å². The van der Waals surface area contributed by atoms with E-state index in [0.29, 0.717) is 29.4 Å². The summed E-state index contributed by atoms with van der Waals surface area (Å²) < 4.78 is 21.6. The second kappa shape index (κ2) is 10.1. The number of benzene rings is 2. The molecule has 30 heavy (non-hydrogen) atoms. The van der Waals surface area contributed by atoms with Crippen molar-refractivity contribution in [3.8, 4) is 23.0 Å². The topological polar surface area (TPSA) is 66.9 Å². The summed E-state index contributed by atoms with van der Waals surface area (Å²) in [6.45, 7) is 0.470. The maximum Gasteiger partial charge on any atom is 0.203 e. The molecule has 0 saturated heterocycles. The third kappa shape index (κ3) is 5.17. The molecular formula is C24H23NO5. The van der Waals surface area contributed by atoms with Gasteiger partial charge in [0.25, 0.3) is 0 Å². The molecule has 0 amide bonds. The van der Waals surface area contributed by atoms with E-state index in [2.05, 4.69) is 4.98 Å². The number of hydrogen-bond donors (Lipinski definition) is 0. The summed E-state index contributed by atoms with van der Waals surface area (Å²) in [5, 5.41) is 0. The number of ketones is 1. The van der Waals surface area contributed by atoms with E-state index in [1.807, 2.05) is 36.4 Å². The summed E-state index contributed by atoms with van der Waals surface area (Å²) in [5.41, 5.74) is 2.37. The summed E-state index contributed by atoms with van der Waals surface area (Å²) in [6, 6.07) is 14.6. The number of aromatic nitrogens is 1. The van der Waals surface area contributed by atoms with Crippen LogP contribution in [0.15, 0.2) is 67.0 Å². The lowest BCUT2D eigenvalue weighted by atomic mass is 10.1. The molecule has 1 heterocycles. The van der Waals surface area contributed by atoms with Crippen molar-refractivity contribution < 1.29 is 23.7 Å². The molecule has 0 N–H and O–H groups in total. The van der Waals surface area contributed by atoms with Gasteiger partial charge in [-0.2, -0.15) is 0 Å². The van der Waals surface area contributed by atoms with Crippen LogP contribution in [0, 0.1) is 0 Å². The Labute approximate surface area is 175 Å². The van der Waals surface area contributed by atoms with E-state index in [-0.39, 0.29) is 5.78 Å². The number of nitrogens with zero attached hydrogens (tertiary/aromatic N) is 1. The van der Waals surface area contributed by atoms with Crippen LogP contribution < -0.4 is 18.9 Å². The predicted molar refractivity (Wildman–Crippen MR) is 114 cm³/mol. The fourth-order valence-electron chi connectivity index (χ4n) is 2.81. The van der Waals surface area contributed by atoms with Gasteiger partial charge < -0.3 is 18.9 Å². The Morgan fingerprint density at radius 1 is 0.900 bits per heavy atom. The molecule has 0 fully saturated rings. The summed E-state index contributed by atoms with van der Waals surface area (Å²) in [7, 11) is 4.55. The maximum atomic E-state index is 12.6. The molecule has 0 radical (unpaired) electrons. The third-order valence-electron chi connectivity index (χ3n) is 4.41. The molecule has 2 aromatic carbocycles. The van der Waals surface area contributed by atoms with Crippen molar-refractivity contribution in [2.24, 2.45) is 0 Å². The molecule has 0 aliphatic carbocycles. The first kappa shape index (κ1) is 20.9. The van der Waals surface area contributed by atoms with Crippen LogP contribution in [-0.4, -0.2) is 32.1 Å². The fraction of sp³-hybridized carbons (Fsp3) is 0.167. The summed E-state index contributed by atoms with van der Waals surface area (Å²) in [5.74, 6) is 1.89. The Bertz CT molecular complexity index is 989. The molecule has 3 aromatic rings. The van der Waals surface area contributed by atoms with Gasteiger partial charge in [0.05, 0.1) is 21.3 Å². The molecule has 154 valence electrons. The number of methoxy groups -OCH3 is 3.